The molecule has 3 heterocycles. The summed E-state index contributed by atoms with van der Waals surface area (Å²) in [7, 11) is 1.47. The van der Waals surface area contributed by atoms with Crippen LogP contribution < -0.4 is 10.1 Å². The number of unbranched alkanes of at least 4 members (excludes halogenated alkanes) is 4. The number of hydrogen-bond donors (Lipinski definition) is 6. The van der Waals surface area contributed by atoms with E-state index in [2.05, 4.69) is 20.3 Å². The highest BCUT2D eigenvalue weighted by Gasteiger charge is 2.47. The molecular formula is C26H35N5O8. The van der Waals surface area contributed by atoms with Crippen LogP contribution in [0.3, 0.4) is 0 Å². The predicted molar refractivity (Wildman–Crippen MR) is 139 cm³/mol. The number of anilines is 1. The molecule has 1 fully saturated rings. The number of imidazole rings is 1. The van der Waals surface area contributed by atoms with E-state index in [4.69, 9.17) is 14.6 Å². The van der Waals surface area contributed by atoms with E-state index < -0.39 is 36.6 Å². The molecule has 1 saturated heterocycles. The van der Waals surface area contributed by atoms with E-state index in [1.54, 1.807) is 12.1 Å². The first kappa shape index (κ1) is 28.5. The summed E-state index contributed by atoms with van der Waals surface area (Å²) < 4.78 is 12.6. The number of aliphatic hydroxyl groups excluding tert-OH is 3. The van der Waals surface area contributed by atoms with Gasteiger partial charge in [0.2, 0.25) is 0 Å². The van der Waals surface area contributed by atoms with E-state index in [-0.39, 0.29) is 12.2 Å². The van der Waals surface area contributed by atoms with E-state index in [0.29, 0.717) is 48.5 Å². The van der Waals surface area contributed by atoms with Crippen LogP contribution in [0.2, 0.25) is 0 Å². The summed E-state index contributed by atoms with van der Waals surface area (Å²) in [5.41, 5.74) is 1.65. The topological polar surface area (TPSA) is 192 Å². The Hall–Kier alpha value is -3.52. The van der Waals surface area contributed by atoms with Gasteiger partial charge >= 0.3 is 5.97 Å². The van der Waals surface area contributed by atoms with Gasteiger partial charge in [-0.15, -0.1) is 0 Å². The first-order chi connectivity index (χ1) is 18.8. The van der Waals surface area contributed by atoms with Gasteiger partial charge in [-0.2, -0.15) is 0 Å². The summed E-state index contributed by atoms with van der Waals surface area (Å²) >= 11 is 0. The smallest absolute Gasteiger partial charge is 0.303 e. The number of nitrogens with one attached hydrogen (secondary N) is 1. The number of aliphatic hydroxyl groups is 3. The lowest BCUT2D eigenvalue weighted by Crippen LogP contribution is -2.38. The highest BCUT2D eigenvalue weighted by Crippen LogP contribution is 2.34. The Balaban J connectivity index is 1.37. The van der Waals surface area contributed by atoms with Gasteiger partial charge < -0.3 is 40.3 Å². The van der Waals surface area contributed by atoms with Crippen LogP contribution in [0.25, 0.3) is 11.2 Å². The number of fused-ring (bicyclic) bond motifs is 1. The summed E-state index contributed by atoms with van der Waals surface area (Å²) in [5, 5.41) is 53.7. The highest BCUT2D eigenvalue weighted by atomic mass is 16.6. The molecule has 212 valence electrons. The molecule has 1 aliphatic heterocycles. The molecule has 13 heteroatoms. The van der Waals surface area contributed by atoms with Crippen LogP contribution in [0.5, 0.6) is 11.5 Å². The van der Waals surface area contributed by atoms with Crippen molar-refractivity contribution in [3.8, 4) is 11.5 Å². The molecule has 0 amide bonds. The average molecular weight is 546 g/mol. The molecule has 4 rings (SSSR count). The van der Waals surface area contributed by atoms with Gasteiger partial charge in [-0.25, -0.2) is 15.0 Å². The number of phenols is 1. The number of carboxylic acid groups (broad SMARTS) is 1. The number of rotatable bonds is 14. The van der Waals surface area contributed by atoms with Crippen molar-refractivity contribution in [2.24, 2.45) is 0 Å². The largest absolute Gasteiger partial charge is 0.504 e. The monoisotopic (exact) mass is 545 g/mol. The molecule has 0 spiro atoms. The highest BCUT2D eigenvalue weighted by molar-refractivity contribution is 5.82. The summed E-state index contributed by atoms with van der Waals surface area (Å²) in [5.74, 6) is 0.0346. The third-order valence-corrected chi connectivity index (χ3v) is 6.88. The zero-order valence-electron chi connectivity index (χ0n) is 21.7. The van der Waals surface area contributed by atoms with Crippen molar-refractivity contribution < 1.29 is 39.8 Å². The Morgan fingerprint density at radius 3 is 2.67 bits per heavy atom. The molecule has 1 aliphatic rings. The van der Waals surface area contributed by atoms with Gasteiger partial charge in [0.25, 0.3) is 0 Å². The lowest BCUT2D eigenvalue weighted by Gasteiger charge is -2.21. The van der Waals surface area contributed by atoms with Crippen molar-refractivity contribution in [2.75, 3.05) is 12.4 Å². The average Bonchev–Trinajstić information content (AvgIpc) is 3.48. The van der Waals surface area contributed by atoms with Crippen LogP contribution in [0.15, 0.2) is 30.9 Å². The molecule has 1 unspecified atom stereocenters. The summed E-state index contributed by atoms with van der Waals surface area (Å²) in [6.45, 7) is 0.366. The Morgan fingerprint density at radius 1 is 1.13 bits per heavy atom. The van der Waals surface area contributed by atoms with Gasteiger partial charge in [-0.1, -0.05) is 31.7 Å². The Kier molecular flexibility index (Phi) is 9.51. The second-order valence-electron chi connectivity index (χ2n) is 9.65. The minimum Gasteiger partial charge on any atom is -0.504 e. The lowest BCUT2D eigenvalue weighted by molar-refractivity contribution is -0.137. The van der Waals surface area contributed by atoms with Crippen LogP contribution in [-0.2, 0) is 16.1 Å². The fraction of sp³-hybridized carbons (Fsp3) is 0.538. The summed E-state index contributed by atoms with van der Waals surface area (Å²) in [6.07, 6.45) is 1.53. The van der Waals surface area contributed by atoms with E-state index in [1.165, 1.54) is 30.4 Å². The fourth-order valence-electron chi connectivity index (χ4n) is 4.74. The Labute approximate surface area is 225 Å². The molecule has 39 heavy (non-hydrogen) atoms. The zero-order chi connectivity index (χ0) is 27.9. The second kappa shape index (κ2) is 13.0. The number of benzene rings is 1. The third kappa shape index (κ3) is 6.74. The minimum absolute atomic E-state index is 0.0399. The normalized spacial score (nSPS) is 21.7. The van der Waals surface area contributed by atoms with Crippen molar-refractivity contribution in [1.82, 2.24) is 19.5 Å². The predicted octanol–water partition coefficient (Wildman–Crippen LogP) is 1.95. The maximum Gasteiger partial charge on any atom is 0.303 e. The number of methoxy groups -OCH3 is 1. The van der Waals surface area contributed by atoms with Gasteiger partial charge in [0, 0.05) is 13.0 Å². The number of carboxylic acids is 1. The quantitative estimate of drug-likeness (QED) is 0.162. The zero-order valence-corrected chi connectivity index (χ0v) is 21.7. The van der Waals surface area contributed by atoms with Gasteiger partial charge in [-0.05, 0) is 30.5 Å². The molecule has 1 aromatic carbocycles. The van der Waals surface area contributed by atoms with Crippen LogP contribution in [0.1, 0.15) is 56.7 Å². The molecule has 6 N–H and O–H groups in total. The maximum absolute atomic E-state index is 10.7. The molecular weight excluding hydrogens is 510 g/mol. The fourth-order valence-corrected chi connectivity index (χ4v) is 4.74. The van der Waals surface area contributed by atoms with E-state index in [9.17, 15) is 25.2 Å². The van der Waals surface area contributed by atoms with Gasteiger partial charge in [0.15, 0.2) is 34.7 Å². The van der Waals surface area contributed by atoms with Gasteiger partial charge in [0.05, 0.1) is 19.5 Å². The number of aliphatic carboxylic acids is 1. The van der Waals surface area contributed by atoms with Crippen LogP contribution in [0, 0.1) is 0 Å². The number of hydrogen-bond acceptors (Lipinski definition) is 11. The molecule has 0 bridgehead atoms. The van der Waals surface area contributed by atoms with Crippen molar-refractivity contribution in [3.63, 3.8) is 0 Å². The molecule has 0 saturated carbocycles. The van der Waals surface area contributed by atoms with E-state index >= 15 is 0 Å². The Bertz CT molecular complexity index is 1250. The standard InChI is InChI=1S/C26H35N5O8/c1-38-18-11-15(9-10-16(18)32)12-27-24-20-25(29-13-28-24)31(14-30-20)26-22(37)21(36)23(39-26)17(33)7-5-3-2-4-6-8-19(34)35/h9-11,13-14,17,21-23,26,32-33,36-37H,2-8,12H2,1H3,(H,34,35)(H,27,28,29)/t17?,21-,22+,23+,26+/m0/s1. The van der Waals surface area contributed by atoms with Crippen LogP contribution >= 0.6 is 0 Å². The molecule has 2 aromatic heterocycles. The van der Waals surface area contributed by atoms with Crippen LogP contribution in [-0.4, -0.2) is 82.5 Å². The number of phenolic OH excluding ortho intramolecular Hbond substituents is 1. The van der Waals surface area contributed by atoms with Crippen molar-refractivity contribution >= 4 is 23.0 Å². The third-order valence-electron chi connectivity index (χ3n) is 6.88. The number of aromatic hydroxyl groups is 1. The van der Waals surface area contributed by atoms with Crippen molar-refractivity contribution in [3.05, 3.63) is 36.4 Å². The number of nitrogens with zero attached hydrogens (tertiary/aromatic N) is 4. The maximum atomic E-state index is 10.7. The number of ether oxygens (including phenoxy) is 2. The number of aromatic nitrogens is 4. The lowest BCUT2D eigenvalue weighted by atomic mass is 10.00. The van der Waals surface area contributed by atoms with Gasteiger partial charge in [0.1, 0.15) is 24.6 Å². The second-order valence-corrected chi connectivity index (χ2v) is 9.65. The Morgan fingerprint density at radius 2 is 1.90 bits per heavy atom. The van der Waals surface area contributed by atoms with E-state index in [1.807, 2.05) is 0 Å². The SMILES string of the molecule is COc1cc(CNc2ncnc3c2ncn3[C@@H]2O[C@H](C(O)CCCCCCCC(=O)O)[C@@H](O)[C@H]2O)ccc1O. The summed E-state index contributed by atoms with van der Waals surface area (Å²) in [4.78, 5) is 23.5. The van der Waals surface area contributed by atoms with Crippen LogP contribution in [0.4, 0.5) is 5.82 Å². The molecule has 13 nitrogen and oxygen atoms in total. The summed E-state index contributed by atoms with van der Waals surface area (Å²) in [6, 6.07) is 4.99. The molecule has 3 aromatic rings. The van der Waals surface area contributed by atoms with Gasteiger partial charge in [-0.3, -0.25) is 9.36 Å². The first-order valence-corrected chi connectivity index (χ1v) is 13.0. The molecule has 0 radical (unpaired) electrons. The minimum atomic E-state index is -1.31. The van der Waals surface area contributed by atoms with Crippen molar-refractivity contribution in [2.45, 2.75) is 82.1 Å². The first-order valence-electron chi connectivity index (χ1n) is 13.0. The van der Waals surface area contributed by atoms with E-state index in [0.717, 1.165) is 24.8 Å². The number of carbonyl (C=O) groups is 1. The van der Waals surface area contributed by atoms with Crippen molar-refractivity contribution in [1.29, 1.82) is 0 Å². The molecule has 0 aliphatic carbocycles. The molecule has 5 atom stereocenters.